The summed E-state index contributed by atoms with van der Waals surface area (Å²) < 4.78 is 10.7. The number of nitrogens with zero attached hydrogens (tertiary/aromatic N) is 2. The van der Waals surface area contributed by atoms with Crippen LogP contribution in [0.1, 0.15) is 19.7 Å². The van der Waals surface area contributed by atoms with Gasteiger partial charge in [0.05, 0.1) is 12.9 Å². The number of rotatable bonds is 5. The van der Waals surface area contributed by atoms with Crippen LogP contribution in [-0.2, 0) is 5.75 Å². The van der Waals surface area contributed by atoms with Gasteiger partial charge in [0, 0.05) is 5.56 Å². The van der Waals surface area contributed by atoms with Crippen LogP contribution in [0.3, 0.4) is 0 Å². The summed E-state index contributed by atoms with van der Waals surface area (Å²) >= 11 is 1.78. The number of ether oxygens (including phenoxy) is 1. The minimum Gasteiger partial charge on any atom is -0.497 e. The smallest absolute Gasteiger partial charge is 0.247 e. The fraction of sp³-hybridized carbons (Fsp3) is 0.385. The van der Waals surface area contributed by atoms with Crippen LogP contribution in [0, 0.1) is 0 Å². The van der Waals surface area contributed by atoms with Gasteiger partial charge in [0.25, 0.3) is 0 Å². The van der Waals surface area contributed by atoms with Gasteiger partial charge in [0.2, 0.25) is 11.8 Å². The molecule has 1 heterocycles. The van der Waals surface area contributed by atoms with E-state index in [9.17, 15) is 0 Å². The van der Waals surface area contributed by atoms with E-state index in [4.69, 9.17) is 9.15 Å². The maximum absolute atomic E-state index is 5.61. The zero-order chi connectivity index (χ0) is 13.0. The van der Waals surface area contributed by atoms with Crippen LogP contribution in [0.4, 0.5) is 0 Å². The molecule has 0 fully saturated rings. The molecular formula is C13H16N2O2S. The second-order valence-electron chi connectivity index (χ2n) is 4.09. The van der Waals surface area contributed by atoms with Crippen molar-refractivity contribution in [1.29, 1.82) is 0 Å². The fourth-order valence-corrected chi connectivity index (χ4v) is 1.99. The van der Waals surface area contributed by atoms with Crippen LogP contribution < -0.4 is 4.74 Å². The lowest BCUT2D eigenvalue weighted by Gasteiger charge is -2.00. The molecule has 0 unspecified atom stereocenters. The van der Waals surface area contributed by atoms with E-state index in [1.54, 1.807) is 18.9 Å². The first-order valence-corrected chi connectivity index (χ1v) is 6.82. The maximum atomic E-state index is 5.61. The molecule has 0 bridgehead atoms. The highest BCUT2D eigenvalue weighted by Crippen LogP contribution is 2.23. The second kappa shape index (κ2) is 5.91. The zero-order valence-electron chi connectivity index (χ0n) is 10.7. The molecule has 0 N–H and O–H groups in total. The Labute approximate surface area is 111 Å². The van der Waals surface area contributed by atoms with Crippen molar-refractivity contribution in [3.05, 3.63) is 30.2 Å². The molecule has 0 saturated carbocycles. The lowest BCUT2D eigenvalue weighted by Crippen LogP contribution is -1.88. The minimum absolute atomic E-state index is 0.553. The number of thioether (sulfide) groups is 1. The third kappa shape index (κ3) is 3.26. The minimum atomic E-state index is 0.553. The van der Waals surface area contributed by atoms with E-state index < -0.39 is 0 Å². The molecule has 1 aromatic heterocycles. The average Bonchev–Trinajstić information content (AvgIpc) is 2.85. The molecule has 0 radical (unpaired) electrons. The Kier molecular flexibility index (Phi) is 4.25. The molecule has 0 aliphatic heterocycles. The van der Waals surface area contributed by atoms with E-state index in [0.29, 0.717) is 17.0 Å². The molecule has 0 aliphatic rings. The van der Waals surface area contributed by atoms with Crippen LogP contribution in [-0.4, -0.2) is 22.6 Å². The lowest BCUT2D eigenvalue weighted by molar-refractivity contribution is 0.415. The van der Waals surface area contributed by atoms with Crippen LogP contribution in [0.15, 0.2) is 28.7 Å². The summed E-state index contributed by atoms with van der Waals surface area (Å²) in [7, 11) is 1.64. The molecule has 0 atom stereocenters. The number of hydrogen-bond acceptors (Lipinski definition) is 5. The molecule has 0 amide bonds. The van der Waals surface area contributed by atoms with E-state index in [1.165, 1.54) is 0 Å². The molecular weight excluding hydrogens is 248 g/mol. The van der Waals surface area contributed by atoms with Crippen LogP contribution in [0.25, 0.3) is 11.5 Å². The van der Waals surface area contributed by atoms with Gasteiger partial charge in [0.1, 0.15) is 5.75 Å². The van der Waals surface area contributed by atoms with Gasteiger partial charge in [-0.3, -0.25) is 0 Å². The summed E-state index contributed by atoms with van der Waals surface area (Å²) in [6, 6.07) is 7.57. The van der Waals surface area contributed by atoms with Gasteiger partial charge in [-0.15, -0.1) is 22.0 Å². The Morgan fingerprint density at radius 1 is 1.22 bits per heavy atom. The highest BCUT2D eigenvalue weighted by atomic mass is 32.2. The van der Waals surface area contributed by atoms with Crippen molar-refractivity contribution in [3.8, 4) is 17.2 Å². The van der Waals surface area contributed by atoms with Crippen molar-refractivity contribution in [2.45, 2.75) is 24.9 Å². The molecule has 5 heteroatoms. The molecule has 4 nitrogen and oxygen atoms in total. The Morgan fingerprint density at radius 3 is 2.56 bits per heavy atom. The van der Waals surface area contributed by atoms with Crippen LogP contribution >= 0.6 is 11.8 Å². The standard InChI is InChI=1S/C13H16N2O2S/c1-9(2)18-8-12-14-15-13(17-12)10-4-6-11(16-3)7-5-10/h4-7,9H,8H2,1-3H3. The molecule has 2 aromatic rings. The molecule has 0 aliphatic carbocycles. The largest absolute Gasteiger partial charge is 0.497 e. The van der Waals surface area contributed by atoms with Gasteiger partial charge in [-0.05, 0) is 29.5 Å². The quantitative estimate of drug-likeness (QED) is 0.828. The molecule has 96 valence electrons. The Morgan fingerprint density at radius 2 is 1.94 bits per heavy atom. The van der Waals surface area contributed by atoms with Gasteiger partial charge in [-0.1, -0.05) is 13.8 Å². The maximum Gasteiger partial charge on any atom is 0.247 e. The van der Waals surface area contributed by atoms with Crippen LogP contribution in [0.2, 0.25) is 0 Å². The summed E-state index contributed by atoms with van der Waals surface area (Å²) in [5.41, 5.74) is 0.907. The third-order valence-electron chi connectivity index (χ3n) is 2.34. The van der Waals surface area contributed by atoms with Gasteiger partial charge in [0.15, 0.2) is 0 Å². The van der Waals surface area contributed by atoms with E-state index in [0.717, 1.165) is 17.1 Å². The first kappa shape index (κ1) is 13.0. The third-order valence-corrected chi connectivity index (χ3v) is 3.42. The Bertz CT molecular complexity index is 494. The lowest BCUT2D eigenvalue weighted by atomic mass is 10.2. The van der Waals surface area contributed by atoms with Gasteiger partial charge < -0.3 is 9.15 Å². The molecule has 0 saturated heterocycles. The normalized spacial score (nSPS) is 10.9. The second-order valence-corrected chi connectivity index (χ2v) is 5.65. The molecule has 2 rings (SSSR count). The Hall–Kier alpha value is -1.49. The topological polar surface area (TPSA) is 48.2 Å². The van der Waals surface area contributed by atoms with E-state index in [-0.39, 0.29) is 0 Å². The Balaban J connectivity index is 2.08. The number of hydrogen-bond donors (Lipinski definition) is 0. The first-order chi connectivity index (χ1) is 8.69. The van der Waals surface area contributed by atoms with Crippen molar-refractivity contribution < 1.29 is 9.15 Å². The van der Waals surface area contributed by atoms with Gasteiger partial charge in [-0.25, -0.2) is 0 Å². The summed E-state index contributed by atoms with van der Waals surface area (Å²) in [6.07, 6.45) is 0. The SMILES string of the molecule is COc1ccc(-c2nnc(CSC(C)C)o2)cc1. The van der Waals surface area contributed by atoms with Crippen molar-refractivity contribution >= 4 is 11.8 Å². The monoisotopic (exact) mass is 264 g/mol. The fourth-order valence-electron chi connectivity index (χ4n) is 1.40. The van der Waals surface area contributed by atoms with Crippen LogP contribution in [0.5, 0.6) is 5.75 Å². The highest BCUT2D eigenvalue weighted by molar-refractivity contribution is 7.99. The first-order valence-electron chi connectivity index (χ1n) is 5.77. The van der Waals surface area contributed by atoms with Crippen molar-refractivity contribution in [2.24, 2.45) is 0 Å². The van der Waals surface area contributed by atoms with Gasteiger partial charge >= 0.3 is 0 Å². The average molecular weight is 264 g/mol. The summed E-state index contributed by atoms with van der Waals surface area (Å²) in [5.74, 6) is 2.78. The number of aromatic nitrogens is 2. The molecule has 18 heavy (non-hydrogen) atoms. The zero-order valence-corrected chi connectivity index (χ0v) is 11.5. The van der Waals surface area contributed by atoms with E-state index >= 15 is 0 Å². The predicted molar refractivity (Wildman–Crippen MR) is 72.7 cm³/mol. The van der Waals surface area contributed by atoms with Crippen molar-refractivity contribution in [3.63, 3.8) is 0 Å². The molecule has 0 spiro atoms. The summed E-state index contributed by atoms with van der Waals surface area (Å²) in [4.78, 5) is 0. The predicted octanol–water partition coefficient (Wildman–Crippen LogP) is 3.39. The van der Waals surface area contributed by atoms with Crippen molar-refractivity contribution in [2.75, 3.05) is 7.11 Å². The summed E-state index contributed by atoms with van der Waals surface area (Å²) in [5, 5.41) is 8.64. The molecule has 1 aromatic carbocycles. The highest BCUT2D eigenvalue weighted by Gasteiger charge is 2.09. The number of methoxy groups -OCH3 is 1. The van der Waals surface area contributed by atoms with Gasteiger partial charge in [-0.2, -0.15) is 0 Å². The number of benzene rings is 1. The van der Waals surface area contributed by atoms with E-state index in [1.807, 2.05) is 24.3 Å². The van der Waals surface area contributed by atoms with E-state index in [2.05, 4.69) is 24.0 Å². The summed E-state index contributed by atoms with van der Waals surface area (Å²) in [6.45, 7) is 4.29. The van der Waals surface area contributed by atoms with Crippen molar-refractivity contribution in [1.82, 2.24) is 10.2 Å².